The van der Waals surface area contributed by atoms with Crippen molar-refractivity contribution in [1.29, 1.82) is 0 Å². The van der Waals surface area contributed by atoms with Crippen molar-refractivity contribution in [3.63, 3.8) is 0 Å². The molecule has 0 radical (unpaired) electrons. The molecule has 94 valence electrons. The molecule has 1 aromatic carbocycles. The molecular formula is C16H15N3. The number of hydrogen-bond acceptors (Lipinski definition) is 3. The quantitative estimate of drug-likeness (QED) is 0.759. The molecule has 1 unspecified atom stereocenters. The Morgan fingerprint density at radius 2 is 1.95 bits per heavy atom. The molecule has 3 heteroatoms. The minimum Gasteiger partial charge on any atom is -0.319 e. The summed E-state index contributed by atoms with van der Waals surface area (Å²) in [6.45, 7) is 2.01. The van der Waals surface area contributed by atoms with Crippen LogP contribution in [0.4, 0.5) is 0 Å². The summed E-state index contributed by atoms with van der Waals surface area (Å²) < 4.78 is 0. The van der Waals surface area contributed by atoms with E-state index < -0.39 is 0 Å². The van der Waals surface area contributed by atoms with E-state index in [9.17, 15) is 0 Å². The zero-order chi connectivity index (χ0) is 13.2. The third-order valence-electron chi connectivity index (χ3n) is 3.25. The topological polar surface area (TPSA) is 51.8 Å². The number of rotatable bonds is 2. The van der Waals surface area contributed by atoms with E-state index in [1.165, 1.54) is 0 Å². The van der Waals surface area contributed by atoms with E-state index in [-0.39, 0.29) is 6.04 Å². The fraction of sp³-hybridized carbons (Fsp3) is 0.125. The molecule has 0 aliphatic heterocycles. The van der Waals surface area contributed by atoms with Gasteiger partial charge in [0.2, 0.25) is 0 Å². The molecule has 2 aromatic heterocycles. The highest BCUT2D eigenvalue weighted by Gasteiger charge is 2.13. The number of hydrogen-bond donors (Lipinski definition) is 1. The van der Waals surface area contributed by atoms with Gasteiger partial charge < -0.3 is 5.73 Å². The van der Waals surface area contributed by atoms with Crippen LogP contribution in [0.1, 0.15) is 22.9 Å². The summed E-state index contributed by atoms with van der Waals surface area (Å²) in [6.07, 6.45) is 5.44. The van der Waals surface area contributed by atoms with Gasteiger partial charge in [-0.2, -0.15) is 0 Å². The lowest BCUT2D eigenvalue weighted by atomic mass is 10.00. The number of aryl methyl sites for hydroxylation is 1. The molecule has 0 saturated heterocycles. The second kappa shape index (κ2) is 4.78. The summed E-state index contributed by atoms with van der Waals surface area (Å²) in [5.74, 6) is 0. The molecule has 3 aromatic rings. The Morgan fingerprint density at radius 3 is 2.79 bits per heavy atom. The summed E-state index contributed by atoms with van der Waals surface area (Å²) in [7, 11) is 0. The maximum Gasteiger partial charge on any atom is 0.0747 e. The van der Waals surface area contributed by atoms with Crippen molar-refractivity contribution in [2.75, 3.05) is 0 Å². The maximum absolute atomic E-state index is 6.35. The predicted molar refractivity (Wildman–Crippen MR) is 76.7 cm³/mol. The summed E-state index contributed by atoms with van der Waals surface area (Å²) in [5.41, 5.74) is 9.34. The fourth-order valence-electron chi connectivity index (χ4n) is 2.30. The summed E-state index contributed by atoms with van der Waals surface area (Å²) in [4.78, 5) is 8.66. The molecule has 0 spiro atoms. The van der Waals surface area contributed by atoms with Crippen LogP contribution in [-0.2, 0) is 0 Å². The van der Waals surface area contributed by atoms with Gasteiger partial charge in [0.15, 0.2) is 0 Å². The number of nitrogens with zero attached hydrogens (tertiary/aromatic N) is 2. The van der Waals surface area contributed by atoms with Gasteiger partial charge in [0.05, 0.1) is 11.7 Å². The number of aromatic nitrogens is 2. The molecule has 0 amide bonds. The standard InChI is InChI=1S/C16H15N3/c1-11-8-13(10-18-9-11)15(17)16-14-5-3-2-4-12(14)6-7-19-16/h2-10,15H,17H2,1H3. The number of fused-ring (bicyclic) bond motifs is 1. The van der Waals surface area contributed by atoms with Gasteiger partial charge in [0.25, 0.3) is 0 Å². The summed E-state index contributed by atoms with van der Waals surface area (Å²) in [6, 6.07) is 12.0. The van der Waals surface area contributed by atoms with Crippen LogP contribution in [-0.4, -0.2) is 9.97 Å². The average Bonchev–Trinajstić information content (AvgIpc) is 2.46. The Hall–Kier alpha value is -2.26. The van der Waals surface area contributed by atoms with Crippen LogP contribution in [0.3, 0.4) is 0 Å². The van der Waals surface area contributed by atoms with E-state index in [2.05, 4.69) is 28.2 Å². The minimum absolute atomic E-state index is 0.251. The van der Waals surface area contributed by atoms with Gasteiger partial charge in [0.1, 0.15) is 0 Å². The molecular weight excluding hydrogens is 234 g/mol. The van der Waals surface area contributed by atoms with E-state index in [1.54, 1.807) is 12.4 Å². The van der Waals surface area contributed by atoms with Crippen LogP contribution in [0.25, 0.3) is 10.8 Å². The third-order valence-corrected chi connectivity index (χ3v) is 3.25. The van der Waals surface area contributed by atoms with Crippen LogP contribution in [0.5, 0.6) is 0 Å². The molecule has 2 N–H and O–H groups in total. The largest absolute Gasteiger partial charge is 0.319 e. The molecule has 19 heavy (non-hydrogen) atoms. The van der Waals surface area contributed by atoms with Crippen molar-refractivity contribution < 1.29 is 0 Å². The first-order chi connectivity index (χ1) is 9.25. The van der Waals surface area contributed by atoms with E-state index in [0.29, 0.717) is 0 Å². The van der Waals surface area contributed by atoms with Crippen LogP contribution in [0, 0.1) is 6.92 Å². The third kappa shape index (κ3) is 2.20. The Labute approximate surface area is 112 Å². The molecule has 2 heterocycles. The zero-order valence-corrected chi connectivity index (χ0v) is 10.7. The molecule has 0 aliphatic rings. The van der Waals surface area contributed by atoms with E-state index in [4.69, 9.17) is 5.73 Å². The Kier molecular flexibility index (Phi) is 2.97. The van der Waals surface area contributed by atoms with Crippen molar-refractivity contribution in [2.45, 2.75) is 13.0 Å². The summed E-state index contributed by atoms with van der Waals surface area (Å²) in [5, 5.41) is 2.25. The van der Waals surface area contributed by atoms with Crippen molar-refractivity contribution in [2.24, 2.45) is 5.73 Å². The van der Waals surface area contributed by atoms with Crippen LogP contribution in [0.15, 0.2) is 55.0 Å². The van der Waals surface area contributed by atoms with Gasteiger partial charge in [-0.15, -0.1) is 0 Å². The number of nitrogens with two attached hydrogens (primary N) is 1. The SMILES string of the molecule is Cc1cncc(C(N)c2nccc3ccccc23)c1. The minimum atomic E-state index is -0.251. The average molecular weight is 249 g/mol. The summed E-state index contributed by atoms with van der Waals surface area (Å²) >= 11 is 0. The van der Waals surface area contributed by atoms with Crippen LogP contribution >= 0.6 is 0 Å². The molecule has 0 saturated carbocycles. The van der Waals surface area contributed by atoms with E-state index in [1.807, 2.05) is 31.3 Å². The first-order valence-corrected chi connectivity index (χ1v) is 6.26. The van der Waals surface area contributed by atoms with Gasteiger partial charge in [-0.3, -0.25) is 9.97 Å². The first-order valence-electron chi connectivity index (χ1n) is 6.26. The second-order valence-corrected chi connectivity index (χ2v) is 4.69. The zero-order valence-electron chi connectivity index (χ0n) is 10.7. The lowest BCUT2D eigenvalue weighted by Crippen LogP contribution is -2.14. The van der Waals surface area contributed by atoms with Crippen LogP contribution < -0.4 is 5.73 Å². The number of benzene rings is 1. The van der Waals surface area contributed by atoms with Gasteiger partial charge in [0, 0.05) is 24.0 Å². The van der Waals surface area contributed by atoms with Gasteiger partial charge in [-0.05, 0) is 29.5 Å². The van der Waals surface area contributed by atoms with E-state index >= 15 is 0 Å². The molecule has 0 fully saturated rings. The van der Waals surface area contributed by atoms with Crippen molar-refractivity contribution in [3.05, 3.63) is 71.8 Å². The highest BCUT2D eigenvalue weighted by Crippen LogP contribution is 2.25. The maximum atomic E-state index is 6.35. The molecule has 3 nitrogen and oxygen atoms in total. The molecule has 0 bridgehead atoms. The van der Waals surface area contributed by atoms with Crippen molar-refractivity contribution in [1.82, 2.24) is 9.97 Å². The first kappa shape index (κ1) is 11.8. The Morgan fingerprint density at radius 1 is 1.11 bits per heavy atom. The predicted octanol–water partition coefficient (Wildman–Crippen LogP) is 2.99. The van der Waals surface area contributed by atoms with Gasteiger partial charge in [-0.25, -0.2) is 0 Å². The fourth-order valence-corrected chi connectivity index (χ4v) is 2.30. The monoisotopic (exact) mass is 249 g/mol. The number of pyridine rings is 2. The van der Waals surface area contributed by atoms with Crippen LogP contribution in [0.2, 0.25) is 0 Å². The van der Waals surface area contributed by atoms with E-state index in [0.717, 1.165) is 27.6 Å². The molecule has 1 atom stereocenters. The normalized spacial score (nSPS) is 12.5. The highest BCUT2D eigenvalue weighted by atomic mass is 14.8. The van der Waals surface area contributed by atoms with Gasteiger partial charge >= 0.3 is 0 Å². The smallest absolute Gasteiger partial charge is 0.0747 e. The Bertz CT molecular complexity index is 717. The van der Waals surface area contributed by atoms with Crippen molar-refractivity contribution >= 4 is 10.8 Å². The molecule has 3 rings (SSSR count). The van der Waals surface area contributed by atoms with Crippen molar-refractivity contribution in [3.8, 4) is 0 Å². The molecule has 0 aliphatic carbocycles. The van der Waals surface area contributed by atoms with Gasteiger partial charge in [-0.1, -0.05) is 30.3 Å². The Balaban J connectivity index is 2.14. The lowest BCUT2D eigenvalue weighted by molar-refractivity contribution is 0.831. The highest BCUT2D eigenvalue weighted by molar-refractivity contribution is 5.85. The second-order valence-electron chi connectivity index (χ2n) is 4.69. The lowest BCUT2D eigenvalue weighted by Gasteiger charge is -2.14.